The number of rotatable bonds is 0. The molecule has 182 valence electrons. The van der Waals surface area contributed by atoms with E-state index < -0.39 is 0 Å². The summed E-state index contributed by atoms with van der Waals surface area (Å²) in [5.41, 5.74) is 2.86. The Morgan fingerprint density at radius 1 is 0.719 bits per heavy atom. The summed E-state index contributed by atoms with van der Waals surface area (Å²) in [6, 6.07) is 0. The van der Waals surface area contributed by atoms with E-state index in [1.807, 2.05) is 0 Å². The van der Waals surface area contributed by atoms with E-state index in [9.17, 15) is 10.2 Å². The summed E-state index contributed by atoms with van der Waals surface area (Å²) in [6.07, 6.45) is 12.8. The van der Waals surface area contributed by atoms with Crippen molar-refractivity contribution in [3.05, 3.63) is 11.6 Å². The van der Waals surface area contributed by atoms with Gasteiger partial charge in [-0.3, -0.25) is 0 Å². The second-order valence-corrected chi connectivity index (χ2v) is 15.3. The molecule has 0 saturated heterocycles. The lowest BCUT2D eigenvalue weighted by Gasteiger charge is -2.71. The zero-order valence-electron chi connectivity index (χ0n) is 22.2. The van der Waals surface area contributed by atoms with E-state index >= 15 is 0 Å². The van der Waals surface area contributed by atoms with Gasteiger partial charge in [-0.25, -0.2) is 0 Å². The van der Waals surface area contributed by atoms with E-state index in [0.29, 0.717) is 28.6 Å². The summed E-state index contributed by atoms with van der Waals surface area (Å²) in [6.45, 7) is 19.7. The molecular weight excluding hydrogens is 392 g/mol. The van der Waals surface area contributed by atoms with Crippen molar-refractivity contribution in [1.82, 2.24) is 0 Å². The van der Waals surface area contributed by atoms with Crippen LogP contribution < -0.4 is 0 Å². The molecule has 2 nitrogen and oxygen atoms in total. The Morgan fingerprint density at radius 2 is 1.41 bits per heavy atom. The molecule has 4 fully saturated rings. The summed E-state index contributed by atoms with van der Waals surface area (Å²) in [5, 5.41) is 22.2. The van der Waals surface area contributed by atoms with E-state index in [0.717, 1.165) is 19.3 Å². The molecule has 0 bridgehead atoms. The molecule has 0 aromatic heterocycles. The minimum absolute atomic E-state index is 0.0157. The SMILES string of the molecule is CC1(C)C[C@@H](O)[C@]2(C)CC[C@]3(C)C(=CC[C@H]4[C@@]5(C)CC[C@H](O)C(C)(C)[C@H]5CC[C@]43C)[C@H]2C1. The smallest absolute Gasteiger partial charge is 0.0604 e. The van der Waals surface area contributed by atoms with Gasteiger partial charge in [0.1, 0.15) is 0 Å². The maximum Gasteiger partial charge on any atom is 0.0604 e. The number of aliphatic hydroxyl groups excluding tert-OH is 2. The number of fused-ring (bicyclic) bond motifs is 7. The predicted molar refractivity (Wildman–Crippen MR) is 132 cm³/mol. The number of hydrogen-bond acceptors (Lipinski definition) is 2. The number of allylic oxidation sites excluding steroid dienone is 2. The zero-order chi connectivity index (χ0) is 23.5. The van der Waals surface area contributed by atoms with E-state index in [1.54, 1.807) is 5.57 Å². The van der Waals surface area contributed by atoms with Crippen LogP contribution in [0.3, 0.4) is 0 Å². The first kappa shape index (κ1) is 23.4. The molecule has 0 heterocycles. The Kier molecular flexibility index (Phi) is 4.87. The maximum absolute atomic E-state index is 11.3. The third-order valence-electron chi connectivity index (χ3n) is 13.1. The van der Waals surface area contributed by atoms with Crippen molar-refractivity contribution >= 4 is 0 Å². The average molecular weight is 443 g/mol. The van der Waals surface area contributed by atoms with Gasteiger partial charge < -0.3 is 10.2 Å². The molecule has 5 aliphatic carbocycles. The van der Waals surface area contributed by atoms with Crippen LogP contribution in [0.2, 0.25) is 0 Å². The molecule has 4 saturated carbocycles. The van der Waals surface area contributed by atoms with Crippen LogP contribution in [-0.4, -0.2) is 22.4 Å². The molecule has 2 heteroatoms. The van der Waals surface area contributed by atoms with Gasteiger partial charge in [0.25, 0.3) is 0 Å². The normalized spacial score (nSPS) is 56.2. The highest BCUT2D eigenvalue weighted by molar-refractivity contribution is 5.34. The van der Waals surface area contributed by atoms with Crippen molar-refractivity contribution in [1.29, 1.82) is 0 Å². The van der Waals surface area contributed by atoms with Gasteiger partial charge in [-0.05, 0) is 103 Å². The van der Waals surface area contributed by atoms with Crippen molar-refractivity contribution in [2.45, 2.75) is 125 Å². The molecule has 5 aliphatic rings. The fourth-order valence-corrected chi connectivity index (χ4v) is 10.7. The highest BCUT2D eigenvalue weighted by Crippen LogP contribution is 2.75. The minimum Gasteiger partial charge on any atom is -0.393 e. The van der Waals surface area contributed by atoms with Crippen LogP contribution in [0.4, 0.5) is 0 Å². The van der Waals surface area contributed by atoms with E-state index in [1.165, 1.54) is 38.5 Å². The standard InChI is InChI=1S/C30H50O2/c1-25(2)17-20-19-9-10-22-28(6)13-12-23(31)26(3,4)21(28)11-14-30(22,8)29(19,7)16-15-27(20,5)24(32)18-25/h9,20-24,31-32H,10-18H2,1-8H3/t20-,21-,22+,23+,24-,27-,28+,29-,30-/m1/s1. The van der Waals surface area contributed by atoms with Gasteiger partial charge in [-0.2, -0.15) is 0 Å². The Balaban J connectivity index is 1.58. The monoisotopic (exact) mass is 442 g/mol. The van der Waals surface area contributed by atoms with Crippen LogP contribution in [0, 0.1) is 50.2 Å². The Bertz CT molecular complexity index is 825. The lowest BCUT2D eigenvalue weighted by Crippen LogP contribution is -2.65. The third kappa shape index (κ3) is 2.72. The van der Waals surface area contributed by atoms with Crippen molar-refractivity contribution in [2.24, 2.45) is 50.2 Å². The second kappa shape index (κ2) is 6.66. The molecule has 0 radical (unpaired) electrons. The second-order valence-electron chi connectivity index (χ2n) is 15.3. The maximum atomic E-state index is 11.3. The quantitative estimate of drug-likeness (QED) is 0.391. The Morgan fingerprint density at radius 3 is 2.09 bits per heavy atom. The Labute approximate surface area is 197 Å². The highest BCUT2D eigenvalue weighted by atomic mass is 16.3. The number of aliphatic hydroxyl groups is 2. The number of hydrogen-bond donors (Lipinski definition) is 2. The van der Waals surface area contributed by atoms with E-state index in [2.05, 4.69) is 61.5 Å². The molecule has 32 heavy (non-hydrogen) atoms. The summed E-state index contributed by atoms with van der Waals surface area (Å²) in [7, 11) is 0. The van der Waals surface area contributed by atoms with Gasteiger partial charge in [0.05, 0.1) is 12.2 Å². The van der Waals surface area contributed by atoms with Crippen molar-refractivity contribution in [3.63, 3.8) is 0 Å². The van der Waals surface area contributed by atoms with Gasteiger partial charge in [-0.1, -0.05) is 67.0 Å². The lowest BCUT2D eigenvalue weighted by atomic mass is 9.33. The molecule has 0 aromatic carbocycles. The summed E-state index contributed by atoms with van der Waals surface area (Å²) < 4.78 is 0. The first-order valence-electron chi connectivity index (χ1n) is 13.7. The highest BCUT2D eigenvalue weighted by Gasteiger charge is 2.68. The van der Waals surface area contributed by atoms with Crippen LogP contribution in [0.15, 0.2) is 11.6 Å². The fraction of sp³-hybridized carbons (Fsp3) is 0.933. The van der Waals surface area contributed by atoms with Gasteiger partial charge >= 0.3 is 0 Å². The van der Waals surface area contributed by atoms with E-state index in [4.69, 9.17) is 0 Å². The van der Waals surface area contributed by atoms with Crippen molar-refractivity contribution in [2.75, 3.05) is 0 Å². The third-order valence-corrected chi connectivity index (χ3v) is 13.1. The van der Waals surface area contributed by atoms with Gasteiger partial charge in [-0.15, -0.1) is 0 Å². The first-order chi connectivity index (χ1) is 14.6. The molecule has 0 amide bonds. The van der Waals surface area contributed by atoms with Crippen LogP contribution >= 0.6 is 0 Å². The van der Waals surface area contributed by atoms with Gasteiger partial charge in [0, 0.05) is 5.41 Å². The molecule has 0 unspecified atom stereocenters. The predicted octanol–water partition coefficient (Wildman–Crippen LogP) is 7.14. The molecular formula is C30H50O2. The summed E-state index contributed by atoms with van der Waals surface area (Å²) in [4.78, 5) is 0. The fourth-order valence-electron chi connectivity index (χ4n) is 10.7. The lowest BCUT2D eigenvalue weighted by molar-refractivity contribution is -0.207. The van der Waals surface area contributed by atoms with Crippen LogP contribution in [0.1, 0.15) is 113 Å². The van der Waals surface area contributed by atoms with Crippen molar-refractivity contribution < 1.29 is 10.2 Å². The van der Waals surface area contributed by atoms with Crippen LogP contribution in [0.25, 0.3) is 0 Å². The van der Waals surface area contributed by atoms with Gasteiger partial charge in [0.2, 0.25) is 0 Å². The Hall–Kier alpha value is -0.340. The summed E-state index contributed by atoms with van der Waals surface area (Å²) >= 11 is 0. The minimum atomic E-state index is -0.180. The van der Waals surface area contributed by atoms with Crippen LogP contribution in [-0.2, 0) is 0 Å². The molecule has 0 spiro atoms. The largest absolute Gasteiger partial charge is 0.393 e. The molecule has 0 aromatic rings. The topological polar surface area (TPSA) is 40.5 Å². The van der Waals surface area contributed by atoms with Crippen molar-refractivity contribution in [3.8, 4) is 0 Å². The molecule has 0 aliphatic heterocycles. The molecule has 9 atom stereocenters. The average Bonchev–Trinajstić information content (AvgIpc) is 2.67. The van der Waals surface area contributed by atoms with Gasteiger partial charge in [0.15, 0.2) is 0 Å². The summed E-state index contributed by atoms with van der Waals surface area (Å²) in [5.74, 6) is 1.83. The molecule has 2 N–H and O–H groups in total. The zero-order valence-corrected chi connectivity index (χ0v) is 22.2. The van der Waals surface area contributed by atoms with Crippen LogP contribution in [0.5, 0.6) is 0 Å². The van der Waals surface area contributed by atoms with E-state index in [-0.39, 0.29) is 33.9 Å². The first-order valence-corrected chi connectivity index (χ1v) is 13.7. The molecule has 5 rings (SSSR count).